The third-order valence-corrected chi connectivity index (χ3v) is 4.13. The van der Waals surface area contributed by atoms with E-state index in [1.807, 2.05) is 48.9 Å². The molecule has 3 rings (SSSR count). The Balaban J connectivity index is 1.73. The van der Waals surface area contributed by atoms with Crippen molar-refractivity contribution in [3.8, 4) is 5.69 Å². The fraction of sp³-hybridized carbons (Fsp3) is 0.412. The molecule has 1 aromatic carbocycles. The van der Waals surface area contributed by atoms with Gasteiger partial charge in [0, 0.05) is 26.2 Å². The van der Waals surface area contributed by atoms with Gasteiger partial charge in [-0.3, -0.25) is 9.69 Å². The number of hydrogen-bond acceptors (Lipinski definition) is 4. The number of hydrogen-bond donors (Lipinski definition) is 2. The highest BCUT2D eigenvalue weighted by Gasteiger charge is 2.18. The number of aryl methyl sites for hydroxylation is 1. The van der Waals surface area contributed by atoms with Gasteiger partial charge in [-0.05, 0) is 26.0 Å². The molecule has 1 aliphatic rings. The molecule has 1 fully saturated rings. The molecule has 1 saturated heterocycles. The average molecular weight is 313 g/mol. The first-order chi connectivity index (χ1) is 11.1. The molecule has 23 heavy (non-hydrogen) atoms. The van der Waals surface area contributed by atoms with Crippen LogP contribution in [0.15, 0.2) is 30.3 Å². The summed E-state index contributed by atoms with van der Waals surface area (Å²) >= 11 is 0. The molecule has 6 nitrogen and oxygen atoms in total. The van der Waals surface area contributed by atoms with Gasteiger partial charge in [0.2, 0.25) is 5.91 Å². The Hall–Kier alpha value is -2.18. The molecule has 0 spiro atoms. The molecule has 2 heterocycles. The van der Waals surface area contributed by atoms with E-state index in [2.05, 4.69) is 20.6 Å². The van der Waals surface area contributed by atoms with Crippen LogP contribution in [-0.4, -0.2) is 53.3 Å². The maximum absolute atomic E-state index is 12.3. The zero-order chi connectivity index (χ0) is 16.2. The lowest BCUT2D eigenvalue weighted by Crippen LogP contribution is -2.46. The van der Waals surface area contributed by atoms with Gasteiger partial charge in [0.25, 0.3) is 0 Å². The van der Waals surface area contributed by atoms with E-state index < -0.39 is 0 Å². The quantitative estimate of drug-likeness (QED) is 0.894. The number of anilines is 1. The lowest BCUT2D eigenvalue weighted by molar-refractivity contribution is -0.117. The molecule has 1 amide bonds. The molecule has 0 bridgehead atoms. The van der Waals surface area contributed by atoms with Gasteiger partial charge in [0.1, 0.15) is 0 Å². The minimum atomic E-state index is 0.0192. The van der Waals surface area contributed by atoms with Crippen LogP contribution in [0, 0.1) is 13.8 Å². The number of aromatic nitrogens is 2. The summed E-state index contributed by atoms with van der Waals surface area (Å²) in [5.74, 6) is 0.0192. The fourth-order valence-electron chi connectivity index (χ4n) is 2.90. The van der Waals surface area contributed by atoms with Crippen LogP contribution in [0.2, 0.25) is 0 Å². The third-order valence-electron chi connectivity index (χ3n) is 4.13. The molecule has 2 N–H and O–H groups in total. The number of benzene rings is 1. The topological polar surface area (TPSA) is 62.2 Å². The SMILES string of the molecule is Cc1nn(-c2ccccc2)c(C)c1NC(=O)CN1CCNCC1. The highest BCUT2D eigenvalue weighted by Crippen LogP contribution is 2.22. The van der Waals surface area contributed by atoms with E-state index in [1.54, 1.807) is 0 Å². The number of carbonyl (C=O) groups is 1. The van der Waals surface area contributed by atoms with Crippen molar-refractivity contribution in [1.82, 2.24) is 20.0 Å². The summed E-state index contributed by atoms with van der Waals surface area (Å²) in [6.07, 6.45) is 0. The van der Waals surface area contributed by atoms with Crippen molar-refractivity contribution < 1.29 is 4.79 Å². The summed E-state index contributed by atoms with van der Waals surface area (Å²) in [5.41, 5.74) is 3.59. The van der Waals surface area contributed by atoms with Crippen LogP contribution in [0.3, 0.4) is 0 Å². The lowest BCUT2D eigenvalue weighted by atomic mass is 10.3. The molecule has 6 heteroatoms. The second kappa shape index (κ2) is 6.93. The first-order valence-corrected chi connectivity index (χ1v) is 7.99. The van der Waals surface area contributed by atoms with Crippen LogP contribution in [-0.2, 0) is 4.79 Å². The highest BCUT2D eigenvalue weighted by atomic mass is 16.2. The van der Waals surface area contributed by atoms with Gasteiger partial charge in [-0.25, -0.2) is 4.68 Å². The average Bonchev–Trinajstić information content (AvgIpc) is 2.85. The van der Waals surface area contributed by atoms with E-state index in [0.29, 0.717) is 6.54 Å². The van der Waals surface area contributed by atoms with E-state index in [4.69, 9.17) is 0 Å². The monoisotopic (exact) mass is 313 g/mol. The zero-order valence-corrected chi connectivity index (χ0v) is 13.7. The van der Waals surface area contributed by atoms with Crippen LogP contribution in [0.4, 0.5) is 5.69 Å². The van der Waals surface area contributed by atoms with Gasteiger partial charge in [0.05, 0.1) is 29.3 Å². The van der Waals surface area contributed by atoms with Gasteiger partial charge >= 0.3 is 0 Å². The predicted molar refractivity (Wildman–Crippen MR) is 91.0 cm³/mol. The standard InChI is InChI=1S/C17H23N5O/c1-13-17(19-16(23)12-21-10-8-18-9-11-21)14(2)22(20-13)15-6-4-3-5-7-15/h3-7,18H,8-12H2,1-2H3,(H,19,23). The minimum Gasteiger partial charge on any atom is -0.322 e. The first kappa shape index (κ1) is 15.7. The molecule has 0 aliphatic carbocycles. The second-order valence-electron chi connectivity index (χ2n) is 5.87. The number of para-hydroxylation sites is 1. The highest BCUT2D eigenvalue weighted by molar-refractivity contribution is 5.93. The van der Waals surface area contributed by atoms with Gasteiger partial charge in [-0.1, -0.05) is 18.2 Å². The number of carbonyl (C=O) groups excluding carboxylic acids is 1. The van der Waals surface area contributed by atoms with Crippen molar-refractivity contribution >= 4 is 11.6 Å². The first-order valence-electron chi connectivity index (χ1n) is 7.99. The van der Waals surface area contributed by atoms with Crippen molar-refractivity contribution in [1.29, 1.82) is 0 Å². The molecule has 1 aromatic heterocycles. The Morgan fingerprint density at radius 3 is 2.61 bits per heavy atom. The van der Waals surface area contributed by atoms with Gasteiger partial charge < -0.3 is 10.6 Å². The van der Waals surface area contributed by atoms with E-state index in [9.17, 15) is 4.79 Å². The summed E-state index contributed by atoms with van der Waals surface area (Å²) in [6.45, 7) is 8.04. The number of nitrogens with one attached hydrogen (secondary N) is 2. The molecule has 0 saturated carbocycles. The molecular formula is C17H23N5O. The van der Waals surface area contributed by atoms with E-state index in [1.165, 1.54) is 0 Å². The number of nitrogens with zero attached hydrogens (tertiary/aromatic N) is 3. The Labute approximate surface area is 136 Å². The second-order valence-corrected chi connectivity index (χ2v) is 5.87. The van der Waals surface area contributed by atoms with Gasteiger partial charge in [-0.2, -0.15) is 5.10 Å². The van der Waals surface area contributed by atoms with Crippen LogP contribution in [0.5, 0.6) is 0 Å². The Morgan fingerprint density at radius 1 is 1.22 bits per heavy atom. The third kappa shape index (κ3) is 3.60. The van der Waals surface area contributed by atoms with Gasteiger partial charge in [0.15, 0.2) is 0 Å². The summed E-state index contributed by atoms with van der Waals surface area (Å²) in [5, 5.41) is 10.9. The maximum atomic E-state index is 12.3. The van der Waals surface area contributed by atoms with Crippen molar-refractivity contribution in [2.45, 2.75) is 13.8 Å². The van der Waals surface area contributed by atoms with Crippen molar-refractivity contribution in [3.63, 3.8) is 0 Å². The Bertz CT molecular complexity index is 674. The van der Waals surface area contributed by atoms with E-state index >= 15 is 0 Å². The summed E-state index contributed by atoms with van der Waals surface area (Å²) in [7, 11) is 0. The summed E-state index contributed by atoms with van der Waals surface area (Å²) in [6, 6.07) is 9.95. The van der Waals surface area contributed by atoms with Crippen LogP contribution in [0.1, 0.15) is 11.4 Å². The van der Waals surface area contributed by atoms with Crippen molar-refractivity contribution in [2.75, 3.05) is 38.0 Å². The van der Waals surface area contributed by atoms with Crippen LogP contribution in [0.25, 0.3) is 5.69 Å². The van der Waals surface area contributed by atoms with Crippen LogP contribution >= 0.6 is 0 Å². The van der Waals surface area contributed by atoms with E-state index in [0.717, 1.165) is 48.9 Å². The number of rotatable bonds is 4. The van der Waals surface area contributed by atoms with Crippen molar-refractivity contribution in [3.05, 3.63) is 41.7 Å². The predicted octanol–water partition coefficient (Wildman–Crippen LogP) is 1.33. The molecular weight excluding hydrogens is 290 g/mol. The number of piperazine rings is 1. The molecule has 122 valence electrons. The zero-order valence-electron chi connectivity index (χ0n) is 13.7. The largest absolute Gasteiger partial charge is 0.322 e. The molecule has 0 radical (unpaired) electrons. The molecule has 0 unspecified atom stereocenters. The summed E-state index contributed by atoms with van der Waals surface area (Å²) < 4.78 is 1.87. The minimum absolute atomic E-state index is 0.0192. The normalized spacial score (nSPS) is 15.6. The fourth-order valence-corrected chi connectivity index (χ4v) is 2.90. The smallest absolute Gasteiger partial charge is 0.238 e. The van der Waals surface area contributed by atoms with Crippen LogP contribution < -0.4 is 10.6 Å². The Kier molecular flexibility index (Phi) is 4.73. The maximum Gasteiger partial charge on any atom is 0.238 e. The molecule has 2 aromatic rings. The van der Waals surface area contributed by atoms with E-state index in [-0.39, 0.29) is 5.91 Å². The summed E-state index contributed by atoms with van der Waals surface area (Å²) in [4.78, 5) is 14.5. The molecule has 1 aliphatic heterocycles. The number of amides is 1. The Morgan fingerprint density at radius 2 is 1.91 bits per heavy atom. The lowest BCUT2D eigenvalue weighted by Gasteiger charge is -2.26. The van der Waals surface area contributed by atoms with Crippen molar-refractivity contribution in [2.24, 2.45) is 0 Å². The van der Waals surface area contributed by atoms with Gasteiger partial charge in [-0.15, -0.1) is 0 Å². The molecule has 0 atom stereocenters.